The molecule has 0 aliphatic carbocycles. The highest BCUT2D eigenvalue weighted by Crippen LogP contribution is 2.08. The van der Waals surface area contributed by atoms with E-state index in [1.54, 1.807) is 20.8 Å². The first kappa shape index (κ1) is 12.9. The number of carboxylic acids is 1. The van der Waals surface area contributed by atoms with Gasteiger partial charge in [0.15, 0.2) is 0 Å². The minimum absolute atomic E-state index is 0.701. The molecule has 0 radical (unpaired) electrons. The van der Waals surface area contributed by atoms with E-state index in [2.05, 4.69) is 0 Å². The van der Waals surface area contributed by atoms with Crippen molar-refractivity contribution >= 4 is 11.9 Å². The number of hydrogen-bond acceptors (Lipinski definition) is 5. The van der Waals surface area contributed by atoms with Gasteiger partial charge in [-0.25, -0.2) is 0 Å². The fourth-order valence-corrected chi connectivity index (χ4v) is 0.670. The maximum atomic E-state index is 11.2. The number of nitrogens with two attached hydrogens (primary N) is 2. The Morgan fingerprint density at radius 2 is 1.64 bits per heavy atom. The van der Waals surface area contributed by atoms with E-state index in [1.165, 1.54) is 0 Å². The standard InChI is InChI=1S/C8H16N2O4/c1-8(2,3)14-7(13)5(10)4(9)6(11)12/h4-5H,9-10H2,1-3H3,(H,11,12)/t4-,5-/m1/s1. The van der Waals surface area contributed by atoms with E-state index in [0.29, 0.717) is 0 Å². The number of carboxylic acid groups (broad SMARTS) is 1. The van der Waals surface area contributed by atoms with Crippen molar-refractivity contribution in [2.24, 2.45) is 11.5 Å². The molecule has 0 aliphatic rings. The van der Waals surface area contributed by atoms with Crippen LogP contribution in [0.1, 0.15) is 20.8 Å². The zero-order chi connectivity index (χ0) is 11.5. The summed E-state index contributed by atoms with van der Waals surface area (Å²) in [5, 5.41) is 8.49. The molecule has 0 spiro atoms. The van der Waals surface area contributed by atoms with Gasteiger partial charge in [-0.2, -0.15) is 0 Å². The van der Waals surface area contributed by atoms with Crippen LogP contribution in [0.3, 0.4) is 0 Å². The Kier molecular flexibility index (Phi) is 4.03. The number of hydrogen-bond donors (Lipinski definition) is 3. The van der Waals surface area contributed by atoms with Crippen molar-refractivity contribution < 1.29 is 19.4 Å². The molecule has 6 nitrogen and oxygen atoms in total. The molecule has 0 aromatic rings. The lowest BCUT2D eigenvalue weighted by molar-refractivity contribution is -0.159. The van der Waals surface area contributed by atoms with Crippen LogP contribution in [-0.2, 0) is 14.3 Å². The average molecular weight is 204 g/mol. The Labute approximate surface area is 82.2 Å². The Bertz CT molecular complexity index is 234. The van der Waals surface area contributed by atoms with Crippen molar-refractivity contribution in [3.8, 4) is 0 Å². The molecule has 5 N–H and O–H groups in total. The van der Waals surface area contributed by atoms with Gasteiger partial charge < -0.3 is 21.3 Å². The normalized spacial score (nSPS) is 15.8. The Balaban J connectivity index is 4.33. The molecular weight excluding hydrogens is 188 g/mol. The molecule has 0 amide bonds. The molecular formula is C8H16N2O4. The van der Waals surface area contributed by atoms with Crippen molar-refractivity contribution in [2.75, 3.05) is 0 Å². The molecule has 2 atom stereocenters. The maximum absolute atomic E-state index is 11.2. The summed E-state index contributed by atoms with van der Waals surface area (Å²) in [6.45, 7) is 4.97. The van der Waals surface area contributed by atoms with Crippen LogP contribution in [0.25, 0.3) is 0 Å². The van der Waals surface area contributed by atoms with Crippen LogP contribution in [0.15, 0.2) is 0 Å². The molecule has 0 heterocycles. The third-order valence-electron chi connectivity index (χ3n) is 1.35. The predicted octanol–water partition coefficient (Wildman–Crippen LogP) is -0.933. The van der Waals surface area contributed by atoms with Crippen molar-refractivity contribution in [1.29, 1.82) is 0 Å². The van der Waals surface area contributed by atoms with Crippen LogP contribution in [0, 0.1) is 0 Å². The molecule has 14 heavy (non-hydrogen) atoms. The summed E-state index contributed by atoms with van der Waals surface area (Å²) in [5.74, 6) is -2.14. The van der Waals surface area contributed by atoms with Gasteiger partial charge in [-0.15, -0.1) is 0 Å². The van der Waals surface area contributed by atoms with Gasteiger partial charge in [0.2, 0.25) is 0 Å². The van der Waals surface area contributed by atoms with Crippen LogP contribution in [0.5, 0.6) is 0 Å². The monoisotopic (exact) mass is 204 g/mol. The summed E-state index contributed by atoms with van der Waals surface area (Å²) in [4.78, 5) is 21.6. The predicted molar refractivity (Wildman–Crippen MR) is 49.4 cm³/mol. The molecule has 0 aliphatic heterocycles. The van der Waals surface area contributed by atoms with Gasteiger partial charge in [-0.1, -0.05) is 0 Å². The van der Waals surface area contributed by atoms with E-state index in [1.807, 2.05) is 0 Å². The first-order chi connectivity index (χ1) is 6.15. The van der Waals surface area contributed by atoms with Gasteiger partial charge in [0, 0.05) is 0 Å². The Morgan fingerprint density at radius 1 is 1.21 bits per heavy atom. The van der Waals surface area contributed by atoms with E-state index < -0.39 is 29.6 Å². The van der Waals surface area contributed by atoms with Gasteiger partial charge in [-0.05, 0) is 20.8 Å². The van der Waals surface area contributed by atoms with Gasteiger partial charge in [0.25, 0.3) is 0 Å². The summed E-state index contributed by atoms with van der Waals surface area (Å²) in [5.41, 5.74) is 9.74. The van der Waals surface area contributed by atoms with E-state index in [0.717, 1.165) is 0 Å². The van der Waals surface area contributed by atoms with Gasteiger partial charge in [0.05, 0.1) is 0 Å². The molecule has 6 heteroatoms. The molecule has 0 unspecified atom stereocenters. The highest BCUT2D eigenvalue weighted by atomic mass is 16.6. The number of carbonyl (C=O) groups is 2. The third kappa shape index (κ3) is 4.20. The smallest absolute Gasteiger partial charge is 0.325 e. The van der Waals surface area contributed by atoms with Crippen molar-refractivity contribution in [2.45, 2.75) is 38.5 Å². The van der Waals surface area contributed by atoms with Crippen molar-refractivity contribution in [3.63, 3.8) is 0 Å². The number of carbonyl (C=O) groups excluding carboxylic acids is 1. The maximum Gasteiger partial charge on any atom is 0.325 e. The van der Waals surface area contributed by atoms with Crippen LogP contribution < -0.4 is 11.5 Å². The minimum atomic E-state index is -1.44. The van der Waals surface area contributed by atoms with Crippen molar-refractivity contribution in [1.82, 2.24) is 0 Å². The Morgan fingerprint density at radius 3 is 1.93 bits per heavy atom. The second-order valence-corrected chi connectivity index (χ2v) is 3.92. The van der Waals surface area contributed by atoms with Crippen LogP contribution in [0.4, 0.5) is 0 Å². The summed E-state index contributed by atoms with van der Waals surface area (Å²) in [6.07, 6.45) is 0. The quantitative estimate of drug-likeness (QED) is 0.511. The van der Waals surface area contributed by atoms with E-state index in [4.69, 9.17) is 21.3 Å². The number of rotatable bonds is 3. The Hall–Kier alpha value is -1.14. The van der Waals surface area contributed by atoms with Crippen molar-refractivity contribution in [3.05, 3.63) is 0 Å². The zero-order valence-electron chi connectivity index (χ0n) is 8.48. The molecule has 0 saturated carbocycles. The first-order valence-corrected chi connectivity index (χ1v) is 4.12. The van der Waals surface area contributed by atoms with Crippen LogP contribution >= 0.6 is 0 Å². The second kappa shape index (κ2) is 4.39. The molecule has 0 saturated heterocycles. The summed E-state index contributed by atoms with van der Waals surface area (Å²) in [7, 11) is 0. The summed E-state index contributed by atoms with van der Waals surface area (Å²) in [6, 6.07) is -2.78. The SMILES string of the molecule is CC(C)(C)OC(=O)[C@H](N)[C@@H](N)C(=O)O. The zero-order valence-corrected chi connectivity index (χ0v) is 8.48. The third-order valence-corrected chi connectivity index (χ3v) is 1.35. The average Bonchev–Trinajstić information content (AvgIpc) is 1.98. The van der Waals surface area contributed by atoms with Gasteiger partial charge in [0.1, 0.15) is 17.7 Å². The van der Waals surface area contributed by atoms with Crippen LogP contribution in [-0.4, -0.2) is 34.7 Å². The molecule has 0 fully saturated rings. The number of ether oxygens (including phenoxy) is 1. The number of aliphatic carboxylic acids is 1. The molecule has 0 aromatic heterocycles. The molecule has 0 aromatic carbocycles. The van der Waals surface area contributed by atoms with E-state index >= 15 is 0 Å². The largest absolute Gasteiger partial charge is 0.480 e. The van der Waals surface area contributed by atoms with E-state index in [-0.39, 0.29) is 0 Å². The van der Waals surface area contributed by atoms with Crippen LogP contribution in [0.2, 0.25) is 0 Å². The minimum Gasteiger partial charge on any atom is -0.480 e. The van der Waals surface area contributed by atoms with E-state index in [9.17, 15) is 9.59 Å². The fraction of sp³-hybridized carbons (Fsp3) is 0.750. The molecule has 0 rings (SSSR count). The van der Waals surface area contributed by atoms with Gasteiger partial charge >= 0.3 is 11.9 Å². The summed E-state index contributed by atoms with van der Waals surface area (Å²) < 4.78 is 4.86. The fourth-order valence-electron chi connectivity index (χ4n) is 0.670. The highest BCUT2D eigenvalue weighted by molar-refractivity contribution is 5.86. The highest BCUT2D eigenvalue weighted by Gasteiger charge is 2.30. The molecule has 0 bridgehead atoms. The lowest BCUT2D eigenvalue weighted by atomic mass is 10.1. The number of esters is 1. The lowest BCUT2D eigenvalue weighted by Crippen LogP contribution is -2.53. The van der Waals surface area contributed by atoms with Gasteiger partial charge in [-0.3, -0.25) is 9.59 Å². The second-order valence-electron chi connectivity index (χ2n) is 3.92. The summed E-state index contributed by atoms with van der Waals surface area (Å²) >= 11 is 0. The lowest BCUT2D eigenvalue weighted by Gasteiger charge is -2.23. The first-order valence-electron chi connectivity index (χ1n) is 4.12. The topological polar surface area (TPSA) is 116 Å². The molecule has 82 valence electrons.